The van der Waals surface area contributed by atoms with Crippen LogP contribution in [0, 0.1) is 6.92 Å². The van der Waals surface area contributed by atoms with E-state index >= 15 is 0 Å². The fourth-order valence-corrected chi connectivity index (χ4v) is 2.54. The number of benzene rings is 1. The molecular formula is C14H18N4O2S. The summed E-state index contributed by atoms with van der Waals surface area (Å²) in [7, 11) is 1.56. The molecule has 7 heteroatoms. The maximum absolute atomic E-state index is 11.7. The van der Waals surface area contributed by atoms with Crippen LogP contribution in [0.25, 0.3) is 0 Å². The summed E-state index contributed by atoms with van der Waals surface area (Å²) in [5, 5.41) is 6.32. The Morgan fingerprint density at radius 1 is 1.48 bits per heavy atom. The highest BCUT2D eigenvalue weighted by Gasteiger charge is 2.17. The van der Waals surface area contributed by atoms with E-state index in [1.165, 1.54) is 11.5 Å². The van der Waals surface area contributed by atoms with E-state index in [-0.39, 0.29) is 11.7 Å². The van der Waals surface area contributed by atoms with Gasteiger partial charge in [0.25, 0.3) is 5.91 Å². The van der Waals surface area contributed by atoms with Gasteiger partial charge in [0.05, 0.1) is 0 Å². The van der Waals surface area contributed by atoms with Crippen molar-refractivity contribution >= 4 is 28.3 Å². The second kappa shape index (κ2) is 6.94. The van der Waals surface area contributed by atoms with Crippen LogP contribution in [0.5, 0.6) is 5.75 Å². The average molecular weight is 306 g/mol. The Morgan fingerprint density at radius 2 is 2.29 bits per heavy atom. The summed E-state index contributed by atoms with van der Waals surface area (Å²) in [6.45, 7) is 3.05. The standard InChI is InChI=1S/C14H18N4O2S/c1-9-4-3-5-10(8-9)20-7-6-17-14-11(13(19)16-2)12(15)18-21-14/h3-5,8,17H,6-7H2,1-2H3,(H2,15,18)(H,16,19). The monoisotopic (exact) mass is 306 g/mol. The lowest BCUT2D eigenvalue weighted by Crippen LogP contribution is -2.21. The molecule has 0 aliphatic rings. The first kappa shape index (κ1) is 15.1. The van der Waals surface area contributed by atoms with Crippen LogP contribution in [0.1, 0.15) is 15.9 Å². The molecule has 0 atom stereocenters. The van der Waals surface area contributed by atoms with Crippen molar-refractivity contribution in [3.8, 4) is 5.75 Å². The first-order valence-electron chi connectivity index (χ1n) is 6.52. The Morgan fingerprint density at radius 3 is 3.00 bits per heavy atom. The largest absolute Gasteiger partial charge is 0.492 e. The minimum atomic E-state index is -0.247. The van der Waals surface area contributed by atoms with Crippen molar-refractivity contribution in [3.05, 3.63) is 35.4 Å². The molecule has 1 aromatic carbocycles. The van der Waals surface area contributed by atoms with E-state index < -0.39 is 0 Å². The van der Waals surface area contributed by atoms with Gasteiger partial charge in [-0.1, -0.05) is 12.1 Å². The number of ether oxygens (including phenoxy) is 1. The van der Waals surface area contributed by atoms with Crippen molar-refractivity contribution < 1.29 is 9.53 Å². The van der Waals surface area contributed by atoms with Crippen LogP contribution in [0.3, 0.4) is 0 Å². The molecule has 2 aromatic rings. The molecule has 1 aromatic heterocycles. The predicted molar refractivity (Wildman–Crippen MR) is 85.1 cm³/mol. The molecule has 4 N–H and O–H groups in total. The Kier molecular flexibility index (Phi) is 4.99. The Labute approximate surface area is 127 Å². The van der Waals surface area contributed by atoms with E-state index in [0.717, 1.165) is 11.3 Å². The molecule has 0 bridgehead atoms. The third kappa shape index (κ3) is 3.85. The second-order valence-corrected chi connectivity index (χ2v) is 5.22. The molecule has 0 saturated heterocycles. The van der Waals surface area contributed by atoms with Gasteiger partial charge in [-0.15, -0.1) is 0 Å². The second-order valence-electron chi connectivity index (χ2n) is 4.44. The van der Waals surface area contributed by atoms with E-state index in [2.05, 4.69) is 15.0 Å². The lowest BCUT2D eigenvalue weighted by atomic mass is 10.2. The molecule has 21 heavy (non-hydrogen) atoms. The van der Waals surface area contributed by atoms with Crippen LogP contribution in [0.4, 0.5) is 10.8 Å². The minimum Gasteiger partial charge on any atom is -0.492 e. The van der Waals surface area contributed by atoms with Gasteiger partial charge in [0.1, 0.15) is 22.9 Å². The molecule has 6 nitrogen and oxygen atoms in total. The number of aryl methyl sites for hydroxylation is 1. The quantitative estimate of drug-likeness (QED) is 0.709. The highest BCUT2D eigenvalue weighted by Crippen LogP contribution is 2.26. The fraction of sp³-hybridized carbons (Fsp3) is 0.286. The summed E-state index contributed by atoms with van der Waals surface area (Å²) in [6, 6.07) is 7.85. The van der Waals surface area contributed by atoms with Crippen LogP contribution >= 0.6 is 11.5 Å². The molecule has 0 aliphatic heterocycles. The zero-order chi connectivity index (χ0) is 15.2. The molecule has 0 spiro atoms. The van der Waals surface area contributed by atoms with Gasteiger partial charge >= 0.3 is 0 Å². The van der Waals surface area contributed by atoms with Crippen molar-refractivity contribution in [1.82, 2.24) is 9.69 Å². The first-order chi connectivity index (χ1) is 10.1. The third-order valence-electron chi connectivity index (χ3n) is 2.82. The van der Waals surface area contributed by atoms with Gasteiger partial charge in [-0.05, 0) is 36.2 Å². The number of nitrogens with two attached hydrogens (primary N) is 1. The zero-order valence-electron chi connectivity index (χ0n) is 12.0. The maximum atomic E-state index is 11.7. The summed E-state index contributed by atoms with van der Waals surface area (Å²) in [5.41, 5.74) is 7.23. The van der Waals surface area contributed by atoms with E-state index in [0.29, 0.717) is 23.7 Å². The summed E-state index contributed by atoms with van der Waals surface area (Å²) in [5.74, 6) is 0.817. The van der Waals surface area contributed by atoms with Crippen LogP contribution in [-0.2, 0) is 0 Å². The topological polar surface area (TPSA) is 89.3 Å². The minimum absolute atomic E-state index is 0.237. The van der Waals surface area contributed by atoms with E-state index in [9.17, 15) is 4.79 Å². The van der Waals surface area contributed by atoms with Crippen LogP contribution in [-0.4, -0.2) is 30.5 Å². The zero-order valence-corrected chi connectivity index (χ0v) is 12.8. The number of nitrogen functional groups attached to an aromatic ring is 1. The number of aromatic nitrogens is 1. The van der Waals surface area contributed by atoms with Crippen molar-refractivity contribution in [1.29, 1.82) is 0 Å². The fourth-order valence-electron chi connectivity index (χ4n) is 1.81. The van der Waals surface area contributed by atoms with Crippen LogP contribution in [0.15, 0.2) is 24.3 Å². The van der Waals surface area contributed by atoms with E-state index in [4.69, 9.17) is 10.5 Å². The average Bonchev–Trinajstić information content (AvgIpc) is 2.84. The number of carbonyl (C=O) groups excluding carboxylic acids is 1. The molecule has 1 heterocycles. The van der Waals surface area contributed by atoms with E-state index in [1.807, 2.05) is 31.2 Å². The number of nitrogens with one attached hydrogen (secondary N) is 2. The molecule has 112 valence electrons. The molecule has 0 radical (unpaired) electrons. The van der Waals surface area contributed by atoms with Crippen LogP contribution in [0.2, 0.25) is 0 Å². The summed E-state index contributed by atoms with van der Waals surface area (Å²) < 4.78 is 9.62. The summed E-state index contributed by atoms with van der Waals surface area (Å²) in [6.07, 6.45) is 0. The molecular weight excluding hydrogens is 288 g/mol. The van der Waals surface area contributed by atoms with Crippen molar-refractivity contribution in [3.63, 3.8) is 0 Å². The number of carbonyl (C=O) groups is 1. The van der Waals surface area contributed by atoms with Crippen molar-refractivity contribution in [2.75, 3.05) is 31.2 Å². The van der Waals surface area contributed by atoms with Gasteiger partial charge in [-0.2, -0.15) is 4.37 Å². The van der Waals surface area contributed by atoms with Gasteiger partial charge in [-0.25, -0.2) is 0 Å². The Balaban J connectivity index is 1.88. The lowest BCUT2D eigenvalue weighted by molar-refractivity contribution is 0.0965. The highest BCUT2D eigenvalue weighted by atomic mass is 32.1. The first-order valence-corrected chi connectivity index (χ1v) is 7.29. The molecule has 0 aliphatic carbocycles. The lowest BCUT2D eigenvalue weighted by Gasteiger charge is -2.09. The number of anilines is 2. The number of amides is 1. The van der Waals surface area contributed by atoms with Crippen LogP contribution < -0.4 is 21.1 Å². The normalized spacial score (nSPS) is 10.2. The SMILES string of the molecule is CNC(=O)c1c(N)nsc1NCCOc1cccc(C)c1. The third-order valence-corrected chi connectivity index (χ3v) is 3.64. The Bertz CT molecular complexity index is 627. The van der Waals surface area contributed by atoms with Gasteiger partial charge in [0.2, 0.25) is 0 Å². The van der Waals surface area contributed by atoms with Gasteiger partial charge < -0.3 is 21.1 Å². The number of hydrogen-bond acceptors (Lipinski definition) is 6. The van der Waals surface area contributed by atoms with E-state index in [1.54, 1.807) is 7.05 Å². The molecule has 0 fully saturated rings. The molecule has 0 saturated carbocycles. The maximum Gasteiger partial charge on any atom is 0.257 e. The van der Waals surface area contributed by atoms with Crippen molar-refractivity contribution in [2.45, 2.75) is 6.92 Å². The number of nitrogens with zero attached hydrogens (tertiary/aromatic N) is 1. The van der Waals surface area contributed by atoms with Gasteiger partial charge in [0, 0.05) is 13.6 Å². The smallest absolute Gasteiger partial charge is 0.257 e. The van der Waals surface area contributed by atoms with Gasteiger partial charge in [-0.3, -0.25) is 4.79 Å². The van der Waals surface area contributed by atoms with Crippen molar-refractivity contribution in [2.24, 2.45) is 0 Å². The number of rotatable bonds is 6. The predicted octanol–water partition coefficient (Wildman–Crippen LogP) is 1.88. The number of hydrogen-bond donors (Lipinski definition) is 3. The van der Waals surface area contributed by atoms with Gasteiger partial charge in [0.15, 0.2) is 5.82 Å². The summed E-state index contributed by atoms with van der Waals surface area (Å²) >= 11 is 1.17. The Hall–Kier alpha value is -2.28. The molecule has 2 rings (SSSR count). The summed E-state index contributed by atoms with van der Waals surface area (Å²) in [4.78, 5) is 11.7. The molecule has 0 unspecified atom stereocenters. The molecule has 1 amide bonds. The highest BCUT2D eigenvalue weighted by molar-refractivity contribution is 7.11.